The van der Waals surface area contributed by atoms with Crippen molar-refractivity contribution in [3.8, 4) is 5.69 Å². The highest BCUT2D eigenvalue weighted by atomic mass is 32.2. The molecule has 136 valence electrons. The lowest BCUT2D eigenvalue weighted by Crippen LogP contribution is -2.15. The Bertz CT molecular complexity index is 856. The zero-order valence-electron chi connectivity index (χ0n) is 15.9. The van der Waals surface area contributed by atoms with E-state index in [1.54, 1.807) is 11.8 Å². The summed E-state index contributed by atoms with van der Waals surface area (Å²) in [7, 11) is 4.19. The fourth-order valence-electron chi connectivity index (χ4n) is 2.90. The molecule has 0 radical (unpaired) electrons. The van der Waals surface area contributed by atoms with Crippen LogP contribution in [0.1, 0.15) is 22.5 Å². The maximum absolute atomic E-state index is 4.53. The van der Waals surface area contributed by atoms with Gasteiger partial charge in [0.25, 0.3) is 0 Å². The fourth-order valence-corrected chi connectivity index (χ4v) is 3.97. The predicted molar refractivity (Wildman–Crippen MR) is 109 cm³/mol. The largest absolute Gasteiger partial charge is 0.309 e. The van der Waals surface area contributed by atoms with Crippen LogP contribution < -0.4 is 0 Å². The maximum Gasteiger partial charge on any atom is 0.195 e. The number of rotatable bonds is 7. The van der Waals surface area contributed by atoms with Crippen molar-refractivity contribution in [2.75, 3.05) is 26.4 Å². The smallest absolute Gasteiger partial charge is 0.195 e. The first-order valence-corrected chi connectivity index (χ1v) is 9.86. The predicted octanol–water partition coefficient (Wildman–Crippen LogP) is 4.13. The summed E-state index contributed by atoms with van der Waals surface area (Å²) in [6.45, 7) is 5.29. The van der Waals surface area contributed by atoms with E-state index in [0.717, 1.165) is 29.7 Å². The molecule has 0 aliphatic heterocycles. The van der Waals surface area contributed by atoms with Gasteiger partial charge in [-0.25, -0.2) is 0 Å². The Morgan fingerprint density at radius 1 is 1.00 bits per heavy atom. The zero-order chi connectivity index (χ0) is 18.5. The van der Waals surface area contributed by atoms with Crippen LogP contribution in [-0.4, -0.2) is 46.1 Å². The van der Waals surface area contributed by atoms with Gasteiger partial charge in [0.05, 0.1) is 5.69 Å². The van der Waals surface area contributed by atoms with Gasteiger partial charge in [-0.1, -0.05) is 59.8 Å². The minimum absolute atomic E-state index is 0.773. The number of hydrogen-bond acceptors (Lipinski definition) is 4. The van der Waals surface area contributed by atoms with Gasteiger partial charge in [-0.2, -0.15) is 0 Å². The van der Waals surface area contributed by atoms with Gasteiger partial charge < -0.3 is 4.90 Å². The summed E-state index contributed by atoms with van der Waals surface area (Å²) < 4.78 is 2.22. The Morgan fingerprint density at radius 2 is 1.77 bits per heavy atom. The van der Waals surface area contributed by atoms with Gasteiger partial charge in [0.15, 0.2) is 5.16 Å². The molecular formula is C21H26N4S. The Labute approximate surface area is 160 Å². The van der Waals surface area contributed by atoms with Gasteiger partial charge in [-0.3, -0.25) is 4.57 Å². The van der Waals surface area contributed by atoms with Crippen molar-refractivity contribution in [3.05, 3.63) is 71.0 Å². The summed E-state index contributed by atoms with van der Waals surface area (Å²) in [5, 5.41) is 10.00. The molecule has 0 saturated heterocycles. The van der Waals surface area contributed by atoms with Crippen molar-refractivity contribution < 1.29 is 0 Å². The van der Waals surface area contributed by atoms with E-state index in [1.807, 2.05) is 6.07 Å². The third kappa shape index (κ3) is 4.54. The first-order chi connectivity index (χ1) is 12.5. The molecule has 0 bridgehead atoms. The molecule has 26 heavy (non-hydrogen) atoms. The molecule has 3 aromatic rings. The monoisotopic (exact) mass is 366 g/mol. The van der Waals surface area contributed by atoms with Crippen molar-refractivity contribution in [1.82, 2.24) is 19.7 Å². The third-order valence-electron chi connectivity index (χ3n) is 4.27. The van der Waals surface area contributed by atoms with Gasteiger partial charge in [-0.05, 0) is 45.1 Å². The number of benzene rings is 2. The van der Waals surface area contributed by atoms with Crippen LogP contribution in [0.2, 0.25) is 0 Å². The molecule has 0 atom stereocenters. The Balaban J connectivity index is 1.97. The lowest BCUT2D eigenvalue weighted by atomic mass is 10.1. The van der Waals surface area contributed by atoms with Crippen molar-refractivity contribution >= 4 is 11.8 Å². The molecule has 0 spiro atoms. The number of aromatic nitrogens is 3. The SMILES string of the molecule is Cc1ccc(-n2c(Cc3ccccc3)nnc2SCCN(C)C)c(C)c1. The average molecular weight is 367 g/mol. The van der Waals surface area contributed by atoms with Gasteiger partial charge in [-0.15, -0.1) is 10.2 Å². The molecule has 0 fully saturated rings. The summed E-state index contributed by atoms with van der Waals surface area (Å²) in [5.41, 5.74) is 4.92. The molecule has 0 aliphatic rings. The Kier molecular flexibility index (Phi) is 6.12. The van der Waals surface area contributed by atoms with Gasteiger partial charge >= 0.3 is 0 Å². The van der Waals surface area contributed by atoms with E-state index in [2.05, 4.69) is 90.1 Å². The third-order valence-corrected chi connectivity index (χ3v) is 5.18. The van der Waals surface area contributed by atoms with Gasteiger partial charge in [0.2, 0.25) is 0 Å². The maximum atomic E-state index is 4.53. The molecule has 0 aliphatic carbocycles. The van der Waals surface area contributed by atoms with E-state index in [-0.39, 0.29) is 0 Å². The quantitative estimate of drug-likeness (QED) is 0.589. The first kappa shape index (κ1) is 18.7. The van der Waals surface area contributed by atoms with E-state index < -0.39 is 0 Å². The van der Waals surface area contributed by atoms with Crippen LogP contribution in [0.4, 0.5) is 0 Å². The highest BCUT2D eigenvalue weighted by Gasteiger charge is 2.16. The second-order valence-corrected chi connectivity index (χ2v) is 7.90. The van der Waals surface area contributed by atoms with E-state index >= 15 is 0 Å². The molecule has 0 unspecified atom stereocenters. The number of thioether (sulfide) groups is 1. The molecule has 1 heterocycles. The minimum atomic E-state index is 0.773. The van der Waals surface area contributed by atoms with Crippen molar-refractivity contribution in [3.63, 3.8) is 0 Å². The molecule has 0 amide bonds. The van der Waals surface area contributed by atoms with Crippen LogP contribution in [0.5, 0.6) is 0 Å². The summed E-state index contributed by atoms with van der Waals surface area (Å²) in [4.78, 5) is 2.19. The van der Waals surface area contributed by atoms with Crippen LogP contribution in [0, 0.1) is 13.8 Å². The minimum Gasteiger partial charge on any atom is -0.309 e. The van der Waals surface area contributed by atoms with Crippen LogP contribution in [-0.2, 0) is 6.42 Å². The van der Waals surface area contributed by atoms with Crippen LogP contribution in [0.15, 0.2) is 53.7 Å². The van der Waals surface area contributed by atoms with Crippen LogP contribution >= 0.6 is 11.8 Å². The Morgan fingerprint density at radius 3 is 2.46 bits per heavy atom. The molecule has 0 saturated carbocycles. The molecule has 2 aromatic carbocycles. The number of hydrogen-bond donors (Lipinski definition) is 0. The first-order valence-electron chi connectivity index (χ1n) is 8.88. The summed E-state index contributed by atoms with van der Waals surface area (Å²) in [6.07, 6.45) is 0.773. The van der Waals surface area contributed by atoms with Gasteiger partial charge in [0.1, 0.15) is 5.82 Å². The van der Waals surface area contributed by atoms with Crippen molar-refractivity contribution in [1.29, 1.82) is 0 Å². The molecular weight excluding hydrogens is 340 g/mol. The molecule has 5 heteroatoms. The van der Waals surface area contributed by atoms with Gasteiger partial charge in [0, 0.05) is 18.7 Å². The standard InChI is InChI=1S/C21H26N4S/c1-16-10-11-19(17(2)14-16)25-20(15-18-8-6-5-7-9-18)22-23-21(25)26-13-12-24(3)4/h5-11,14H,12-13,15H2,1-4H3. The normalized spacial score (nSPS) is 11.3. The zero-order valence-corrected chi connectivity index (χ0v) is 16.8. The molecule has 4 nitrogen and oxygen atoms in total. The fraction of sp³-hybridized carbons (Fsp3) is 0.333. The second-order valence-electron chi connectivity index (χ2n) is 6.84. The lowest BCUT2D eigenvalue weighted by molar-refractivity contribution is 0.437. The Hall–Kier alpha value is -2.11. The van der Waals surface area contributed by atoms with E-state index in [1.165, 1.54) is 22.4 Å². The number of nitrogens with zero attached hydrogens (tertiary/aromatic N) is 4. The topological polar surface area (TPSA) is 34.0 Å². The summed E-state index contributed by atoms with van der Waals surface area (Å²) in [6, 6.07) is 17.0. The molecule has 3 rings (SSSR count). The molecule has 0 N–H and O–H groups in total. The highest BCUT2D eigenvalue weighted by Crippen LogP contribution is 2.26. The van der Waals surface area contributed by atoms with Crippen molar-refractivity contribution in [2.24, 2.45) is 0 Å². The van der Waals surface area contributed by atoms with Crippen molar-refractivity contribution in [2.45, 2.75) is 25.4 Å². The summed E-state index contributed by atoms with van der Waals surface area (Å²) >= 11 is 1.76. The average Bonchev–Trinajstić information content (AvgIpc) is 2.98. The number of aryl methyl sites for hydroxylation is 2. The molecule has 1 aromatic heterocycles. The van der Waals surface area contributed by atoms with E-state index in [4.69, 9.17) is 0 Å². The second kappa shape index (κ2) is 8.52. The highest BCUT2D eigenvalue weighted by molar-refractivity contribution is 7.99. The van der Waals surface area contributed by atoms with E-state index in [0.29, 0.717) is 0 Å². The van der Waals surface area contributed by atoms with Crippen LogP contribution in [0.3, 0.4) is 0 Å². The summed E-state index contributed by atoms with van der Waals surface area (Å²) in [5.74, 6) is 1.97. The van der Waals surface area contributed by atoms with Crippen LogP contribution in [0.25, 0.3) is 5.69 Å². The lowest BCUT2D eigenvalue weighted by Gasteiger charge is -2.14. The van der Waals surface area contributed by atoms with E-state index in [9.17, 15) is 0 Å².